The SMILES string of the molecule is CCCN1CCC(N2CCC(CCOC)(NC(=O)c3ccccc3)CC2)CC1. The number of nitrogens with zero attached hydrogens (tertiary/aromatic N) is 2. The maximum absolute atomic E-state index is 12.8. The number of likely N-dealkylation sites (tertiary alicyclic amines) is 2. The van der Waals surface area contributed by atoms with Crippen LogP contribution < -0.4 is 5.32 Å². The number of rotatable bonds is 8. The minimum absolute atomic E-state index is 0.0398. The normalized spacial score (nSPS) is 21.5. The molecule has 5 nitrogen and oxygen atoms in total. The molecule has 0 atom stereocenters. The van der Waals surface area contributed by atoms with Crippen LogP contribution in [0.3, 0.4) is 0 Å². The Morgan fingerprint density at radius 3 is 2.43 bits per heavy atom. The van der Waals surface area contributed by atoms with Gasteiger partial charge in [0.25, 0.3) is 5.91 Å². The van der Waals surface area contributed by atoms with Crippen LogP contribution in [0.1, 0.15) is 55.8 Å². The Kier molecular flexibility index (Phi) is 7.89. The van der Waals surface area contributed by atoms with Crippen molar-refractivity contribution in [2.24, 2.45) is 0 Å². The van der Waals surface area contributed by atoms with Gasteiger partial charge in [-0.2, -0.15) is 0 Å². The average molecular weight is 388 g/mol. The van der Waals surface area contributed by atoms with Crippen molar-refractivity contribution in [1.29, 1.82) is 0 Å². The van der Waals surface area contributed by atoms with Gasteiger partial charge >= 0.3 is 0 Å². The van der Waals surface area contributed by atoms with Crippen molar-refractivity contribution in [2.75, 3.05) is 46.4 Å². The summed E-state index contributed by atoms with van der Waals surface area (Å²) in [6, 6.07) is 10.3. The van der Waals surface area contributed by atoms with Gasteiger partial charge in [-0.1, -0.05) is 25.1 Å². The molecule has 2 fully saturated rings. The molecule has 0 bridgehead atoms. The zero-order chi connectivity index (χ0) is 19.8. The minimum atomic E-state index is -0.150. The number of ether oxygens (including phenoxy) is 1. The van der Waals surface area contributed by atoms with Crippen molar-refractivity contribution in [3.63, 3.8) is 0 Å². The summed E-state index contributed by atoms with van der Waals surface area (Å²) in [6.07, 6.45) is 6.69. The van der Waals surface area contributed by atoms with Crippen LogP contribution in [0.15, 0.2) is 30.3 Å². The molecule has 5 heteroatoms. The van der Waals surface area contributed by atoms with E-state index in [1.165, 1.54) is 38.9 Å². The van der Waals surface area contributed by atoms with Crippen LogP contribution in [0.2, 0.25) is 0 Å². The average Bonchev–Trinajstić information content (AvgIpc) is 2.74. The summed E-state index contributed by atoms with van der Waals surface area (Å²) in [5.74, 6) is 0.0398. The molecule has 1 amide bonds. The molecule has 0 saturated carbocycles. The van der Waals surface area contributed by atoms with Gasteiger partial charge in [0, 0.05) is 44.0 Å². The molecule has 1 N–H and O–H groups in total. The standard InChI is InChI=1S/C23H37N3O2/c1-3-14-25-15-9-21(10-16-25)26-17-11-23(12-18-26,13-19-28-2)24-22(27)20-7-5-4-6-8-20/h4-8,21H,3,9-19H2,1-2H3,(H,24,27). The van der Waals surface area contributed by atoms with Crippen molar-refractivity contribution in [1.82, 2.24) is 15.1 Å². The fourth-order valence-electron chi connectivity index (χ4n) is 4.78. The molecule has 2 heterocycles. The molecule has 0 aliphatic carbocycles. The molecule has 2 saturated heterocycles. The zero-order valence-electron chi connectivity index (χ0n) is 17.7. The van der Waals surface area contributed by atoms with Crippen molar-refractivity contribution in [3.05, 3.63) is 35.9 Å². The molecular weight excluding hydrogens is 350 g/mol. The van der Waals surface area contributed by atoms with Gasteiger partial charge in [-0.3, -0.25) is 4.79 Å². The number of hydrogen-bond acceptors (Lipinski definition) is 4. The van der Waals surface area contributed by atoms with Crippen LogP contribution in [-0.2, 0) is 4.74 Å². The van der Waals surface area contributed by atoms with E-state index in [0.717, 1.165) is 37.9 Å². The Balaban J connectivity index is 1.56. The van der Waals surface area contributed by atoms with E-state index in [9.17, 15) is 4.79 Å². The molecule has 2 aliphatic heterocycles. The highest BCUT2D eigenvalue weighted by molar-refractivity contribution is 5.94. The monoisotopic (exact) mass is 387 g/mol. The lowest BCUT2D eigenvalue weighted by atomic mass is 9.83. The van der Waals surface area contributed by atoms with Crippen LogP contribution in [0.4, 0.5) is 0 Å². The van der Waals surface area contributed by atoms with Crippen LogP contribution in [0, 0.1) is 0 Å². The summed E-state index contributed by atoms with van der Waals surface area (Å²) in [5, 5.41) is 3.38. The number of nitrogens with one attached hydrogen (secondary N) is 1. The van der Waals surface area contributed by atoms with Crippen molar-refractivity contribution >= 4 is 5.91 Å². The van der Waals surface area contributed by atoms with Gasteiger partial charge in [0.1, 0.15) is 0 Å². The number of carbonyl (C=O) groups is 1. The maximum atomic E-state index is 12.8. The van der Waals surface area contributed by atoms with Gasteiger partial charge in [-0.25, -0.2) is 0 Å². The highest BCUT2D eigenvalue weighted by Crippen LogP contribution is 2.30. The second-order valence-electron chi connectivity index (χ2n) is 8.45. The number of methoxy groups -OCH3 is 1. The zero-order valence-corrected chi connectivity index (χ0v) is 17.7. The van der Waals surface area contributed by atoms with E-state index in [1.807, 2.05) is 30.3 Å². The van der Waals surface area contributed by atoms with Gasteiger partial charge in [-0.15, -0.1) is 0 Å². The summed E-state index contributed by atoms with van der Waals surface area (Å²) in [7, 11) is 1.74. The fraction of sp³-hybridized carbons (Fsp3) is 0.696. The van der Waals surface area contributed by atoms with E-state index < -0.39 is 0 Å². The van der Waals surface area contributed by atoms with E-state index in [-0.39, 0.29) is 11.4 Å². The summed E-state index contributed by atoms with van der Waals surface area (Å²) in [6.45, 7) is 8.78. The first-order valence-corrected chi connectivity index (χ1v) is 11.0. The lowest BCUT2D eigenvalue weighted by Gasteiger charge is -2.46. The molecular formula is C23H37N3O2. The Morgan fingerprint density at radius 1 is 1.14 bits per heavy atom. The van der Waals surface area contributed by atoms with Crippen LogP contribution in [0.25, 0.3) is 0 Å². The first kappa shape index (κ1) is 21.3. The lowest BCUT2D eigenvalue weighted by molar-refractivity contribution is 0.0435. The molecule has 1 aromatic carbocycles. The second-order valence-corrected chi connectivity index (χ2v) is 8.45. The van der Waals surface area contributed by atoms with Gasteiger partial charge in [-0.05, 0) is 70.3 Å². The third-order valence-electron chi connectivity index (χ3n) is 6.57. The molecule has 2 aliphatic rings. The molecule has 3 rings (SSSR count). The molecule has 28 heavy (non-hydrogen) atoms. The van der Waals surface area contributed by atoms with Gasteiger partial charge < -0.3 is 19.9 Å². The predicted octanol–water partition coefficient (Wildman–Crippen LogP) is 3.16. The Bertz CT molecular complexity index is 591. The summed E-state index contributed by atoms with van der Waals surface area (Å²) in [5.41, 5.74) is 0.590. The second kappa shape index (κ2) is 10.4. The summed E-state index contributed by atoms with van der Waals surface area (Å²) in [4.78, 5) is 18.1. The topological polar surface area (TPSA) is 44.8 Å². The van der Waals surface area contributed by atoms with Crippen LogP contribution in [-0.4, -0.2) is 73.7 Å². The Labute approximate surface area is 170 Å². The summed E-state index contributed by atoms with van der Waals surface area (Å²) < 4.78 is 5.36. The van der Waals surface area contributed by atoms with E-state index >= 15 is 0 Å². The minimum Gasteiger partial charge on any atom is -0.385 e. The van der Waals surface area contributed by atoms with Crippen LogP contribution in [0.5, 0.6) is 0 Å². The number of piperidine rings is 2. The fourth-order valence-corrected chi connectivity index (χ4v) is 4.78. The van der Waals surface area contributed by atoms with E-state index in [2.05, 4.69) is 22.0 Å². The van der Waals surface area contributed by atoms with E-state index in [0.29, 0.717) is 12.6 Å². The molecule has 0 aromatic heterocycles. The highest BCUT2D eigenvalue weighted by Gasteiger charge is 2.38. The van der Waals surface area contributed by atoms with Gasteiger partial charge in [0.2, 0.25) is 0 Å². The quantitative estimate of drug-likeness (QED) is 0.744. The molecule has 1 aromatic rings. The first-order valence-electron chi connectivity index (χ1n) is 11.0. The number of carbonyl (C=O) groups excluding carboxylic acids is 1. The number of amides is 1. The van der Waals surface area contributed by atoms with Crippen molar-refractivity contribution in [2.45, 2.75) is 57.0 Å². The third kappa shape index (κ3) is 5.56. The highest BCUT2D eigenvalue weighted by atomic mass is 16.5. The smallest absolute Gasteiger partial charge is 0.251 e. The molecule has 156 valence electrons. The lowest BCUT2D eigenvalue weighted by Crippen LogP contribution is -2.58. The number of benzene rings is 1. The predicted molar refractivity (Wildman–Crippen MR) is 114 cm³/mol. The Hall–Kier alpha value is -1.43. The van der Waals surface area contributed by atoms with E-state index in [1.54, 1.807) is 7.11 Å². The Morgan fingerprint density at radius 2 is 1.82 bits per heavy atom. The molecule has 0 unspecified atom stereocenters. The van der Waals surface area contributed by atoms with E-state index in [4.69, 9.17) is 4.74 Å². The van der Waals surface area contributed by atoms with Gasteiger partial charge in [0.05, 0.1) is 0 Å². The largest absolute Gasteiger partial charge is 0.385 e. The number of hydrogen-bond donors (Lipinski definition) is 1. The molecule has 0 spiro atoms. The van der Waals surface area contributed by atoms with Gasteiger partial charge in [0.15, 0.2) is 0 Å². The van der Waals surface area contributed by atoms with Crippen molar-refractivity contribution in [3.8, 4) is 0 Å². The van der Waals surface area contributed by atoms with Crippen molar-refractivity contribution < 1.29 is 9.53 Å². The van der Waals surface area contributed by atoms with Crippen LogP contribution >= 0.6 is 0 Å². The maximum Gasteiger partial charge on any atom is 0.251 e. The third-order valence-corrected chi connectivity index (χ3v) is 6.57. The first-order chi connectivity index (χ1) is 13.7. The summed E-state index contributed by atoms with van der Waals surface area (Å²) >= 11 is 0. The molecule has 0 radical (unpaired) electrons.